The van der Waals surface area contributed by atoms with Crippen LogP contribution in [0.4, 0.5) is 0 Å². The van der Waals surface area contributed by atoms with Crippen molar-refractivity contribution in [1.29, 1.82) is 0 Å². The van der Waals surface area contributed by atoms with Crippen molar-refractivity contribution >= 4 is 44.5 Å². The van der Waals surface area contributed by atoms with Crippen LogP contribution in [0.1, 0.15) is 20.9 Å². The average molecular weight is 331 g/mol. The lowest BCUT2D eigenvalue weighted by molar-refractivity contribution is 0.0958. The van der Waals surface area contributed by atoms with Gasteiger partial charge < -0.3 is 5.32 Å². The fourth-order valence-corrected chi connectivity index (χ4v) is 3.37. The molecule has 0 saturated carbocycles. The van der Waals surface area contributed by atoms with E-state index in [1.165, 1.54) is 11.3 Å². The van der Waals surface area contributed by atoms with Crippen LogP contribution in [-0.4, -0.2) is 17.4 Å². The molecule has 0 bridgehead atoms. The largest absolute Gasteiger partial charge is 0.351 e. The molecule has 6 heteroatoms. The molecule has 0 unspecified atom stereocenters. The van der Waals surface area contributed by atoms with Crippen LogP contribution in [0.2, 0.25) is 0 Å². The van der Waals surface area contributed by atoms with E-state index in [1.54, 1.807) is 16.8 Å². The van der Waals surface area contributed by atoms with Crippen LogP contribution >= 0.6 is 38.6 Å². The fraction of sp³-hybridized carbons (Fsp3) is 0.273. The third-order valence-electron chi connectivity index (χ3n) is 2.23. The zero-order valence-corrected chi connectivity index (χ0v) is 12.4. The zero-order chi connectivity index (χ0) is 12.3. The molecule has 0 fully saturated rings. The molecular weight excluding hydrogens is 320 g/mol. The van der Waals surface area contributed by atoms with Gasteiger partial charge in [-0.25, -0.2) is 4.98 Å². The molecule has 90 valence electrons. The first kappa shape index (κ1) is 12.7. The molecule has 3 nitrogen and oxygen atoms in total. The van der Waals surface area contributed by atoms with Gasteiger partial charge in [0.25, 0.3) is 5.91 Å². The molecule has 0 radical (unpaired) electrons. The fourth-order valence-electron chi connectivity index (χ4n) is 1.32. The highest BCUT2D eigenvalue weighted by molar-refractivity contribution is 9.11. The number of thiazole rings is 1. The number of aromatic nitrogens is 1. The van der Waals surface area contributed by atoms with Crippen LogP contribution in [0.3, 0.4) is 0 Å². The number of thiophene rings is 1. The molecule has 2 rings (SSSR count). The number of nitrogens with zero attached hydrogens (tertiary/aromatic N) is 1. The first-order valence-corrected chi connectivity index (χ1v) is 7.63. The normalized spacial score (nSPS) is 10.5. The molecule has 0 aliphatic heterocycles. The van der Waals surface area contributed by atoms with E-state index < -0.39 is 0 Å². The second kappa shape index (κ2) is 5.75. The number of hydrogen-bond donors (Lipinski definition) is 1. The first-order valence-electron chi connectivity index (χ1n) is 5.08. The van der Waals surface area contributed by atoms with Crippen LogP contribution in [-0.2, 0) is 6.42 Å². The first-order chi connectivity index (χ1) is 8.16. The minimum Gasteiger partial charge on any atom is -0.351 e. The van der Waals surface area contributed by atoms with Crippen molar-refractivity contribution < 1.29 is 4.79 Å². The number of aryl methyl sites for hydroxylation is 1. The molecule has 0 atom stereocenters. The Morgan fingerprint density at radius 1 is 1.59 bits per heavy atom. The highest BCUT2D eigenvalue weighted by Crippen LogP contribution is 2.27. The van der Waals surface area contributed by atoms with Gasteiger partial charge in [0.15, 0.2) is 0 Å². The number of carbonyl (C=O) groups excluding carboxylic acids is 1. The summed E-state index contributed by atoms with van der Waals surface area (Å²) in [5.41, 5.74) is 3.93. The lowest BCUT2D eigenvalue weighted by atomic mass is 10.3. The van der Waals surface area contributed by atoms with Gasteiger partial charge in [-0.05, 0) is 34.5 Å². The lowest BCUT2D eigenvalue weighted by Crippen LogP contribution is -2.24. The Bertz CT molecular complexity index is 488. The van der Waals surface area contributed by atoms with Crippen molar-refractivity contribution in [2.45, 2.75) is 13.3 Å². The Hall–Kier alpha value is -0.720. The summed E-state index contributed by atoms with van der Waals surface area (Å²) in [7, 11) is 0. The van der Waals surface area contributed by atoms with Gasteiger partial charge in [0.05, 0.1) is 19.9 Å². The third-order valence-corrected chi connectivity index (χ3v) is 5.00. The van der Waals surface area contributed by atoms with Gasteiger partial charge in [-0.1, -0.05) is 0 Å². The van der Waals surface area contributed by atoms with Gasteiger partial charge in [-0.3, -0.25) is 4.79 Å². The maximum atomic E-state index is 11.8. The number of halogens is 1. The minimum absolute atomic E-state index is 0.0148. The molecular formula is C11H11BrN2OS2. The molecule has 2 aromatic heterocycles. The maximum Gasteiger partial charge on any atom is 0.261 e. The summed E-state index contributed by atoms with van der Waals surface area (Å²) in [6, 6.07) is 1.90. The Kier molecular flexibility index (Phi) is 4.31. The number of hydrogen-bond acceptors (Lipinski definition) is 4. The summed E-state index contributed by atoms with van der Waals surface area (Å²) in [6.07, 6.45) is 0.779. The summed E-state index contributed by atoms with van der Waals surface area (Å²) < 4.78 is 1.02. The van der Waals surface area contributed by atoms with E-state index in [1.807, 2.05) is 18.4 Å². The average Bonchev–Trinajstić information content (AvgIpc) is 2.90. The van der Waals surface area contributed by atoms with E-state index in [-0.39, 0.29) is 5.91 Å². The Morgan fingerprint density at radius 2 is 2.41 bits per heavy atom. The predicted octanol–water partition coefficient (Wildman–Crippen LogP) is 3.25. The maximum absolute atomic E-state index is 11.8. The summed E-state index contributed by atoms with van der Waals surface area (Å²) in [4.78, 5) is 16.7. The highest BCUT2D eigenvalue weighted by Gasteiger charge is 2.10. The monoisotopic (exact) mass is 330 g/mol. The number of amides is 1. The molecule has 2 heterocycles. The minimum atomic E-state index is -0.0148. The van der Waals surface area contributed by atoms with Crippen molar-refractivity contribution in [3.05, 3.63) is 36.9 Å². The van der Waals surface area contributed by atoms with Gasteiger partial charge in [0, 0.05) is 18.3 Å². The van der Waals surface area contributed by atoms with Crippen LogP contribution in [0.5, 0.6) is 0 Å². The lowest BCUT2D eigenvalue weighted by Gasteiger charge is -2.01. The Morgan fingerprint density at radius 3 is 3.00 bits per heavy atom. The summed E-state index contributed by atoms with van der Waals surface area (Å²) in [6.45, 7) is 2.60. The standard InChI is InChI=1S/C11H11BrN2OS2/c1-7-4-9(17-10(7)12)11(15)13-3-2-8-5-16-6-14-8/h4-6H,2-3H2,1H3,(H,13,15). The molecule has 17 heavy (non-hydrogen) atoms. The molecule has 0 aromatic carbocycles. The van der Waals surface area contributed by atoms with E-state index in [9.17, 15) is 4.79 Å². The second-order valence-electron chi connectivity index (χ2n) is 3.55. The van der Waals surface area contributed by atoms with Gasteiger partial charge in [-0.2, -0.15) is 0 Å². The van der Waals surface area contributed by atoms with Crippen molar-refractivity contribution in [2.75, 3.05) is 6.54 Å². The van der Waals surface area contributed by atoms with Crippen LogP contribution in [0.15, 0.2) is 20.7 Å². The highest BCUT2D eigenvalue weighted by atomic mass is 79.9. The number of nitrogens with one attached hydrogen (secondary N) is 1. The van der Waals surface area contributed by atoms with Crippen molar-refractivity contribution in [3.63, 3.8) is 0 Å². The number of rotatable bonds is 4. The summed E-state index contributed by atoms with van der Waals surface area (Å²) in [5.74, 6) is -0.0148. The second-order valence-corrected chi connectivity index (χ2v) is 6.64. The van der Waals surface area contributed by atoms with E-state index >= 15 is 0 Å². The molecule has 0 saturated heterocycles. The van der Waals surface area contributed by atoms with Gasteiger partial charge in [0.2, 0.25) is 0 Å². The van der Waals surface area contributed by atoms with Gasteiger partial charge >= 0.3 is 0 Å². The molecule has 1 N–H and O–H groups in total. The quantitative estimate of drug-likeness (QED) is 0.934. The van der Waals surface area contributed by atoms with Gasteiger partial charge in [0.1, 0.15) is 0 Å². The topological polar surface area (TPSA) is 42.0 Å². The molecule has 0 aliphatic carbocycles. The van der Waals surface area contributed by atoms with Crippen molar-refractivity contribution in [1.82, 2.24) is 10.3 Å². The van der Waals surface area contributed by atoms with Gasteiger partial charge in [-0.15, -0.1) is 22.7 Å². The van der Waals surface area contributed by atoms with E-state index in [2.05, 4.69) is 26.2 Å². The van der Waals surface area contributed by atoms with E-state index in [0.717, 1.165) is 26.3 Å². The molecule has 1 amide bonds. The Balaban J connectivity index is 1.85. The van der Waals surface area contributed by atoms with Crippen LogP contribution in [0.25, 0.3) is 0 Å². The van der Waals surface area contributed by atoms with Crippen molar-refractivity contribution in [3.8, 4) is 0 Å². The molecule has 0 spiro atoms. The predicted molar refractivity (Wildman–Crippen MR) is 74.9 cm³/mol. The summed E-state index contributed by atoms with van der Waals surface area (Å²) >= 11 is 6.45. The molecule has 2 aromatic rings. The smallest absolute Gasteiger partial charge is 0.261 e. The van der Waals surface area contributed by atoms with Crippen molar-refractivity contribution in [2.24, 2.45) is 0 Å². The Labute approximate surface area is 116 Å². The number of carbonyl (C=O) groups is 1. The zero-order valence-electron chi connectivity index (χ0n) is 9.20. The SMILES string of the molecule is Cc1cc(C(=O)NCCc2cscn2)sc1Br. The third kappa shape index (κ3) is 3.37. The van der Waals surface area contributed by atoms with Crippen LogP contribution in [0, 0.1) is 6.92 Å². The summed E-state index contributed by atoms with van der Waals surface area (Å²) in [5, 5.41) is 4.89. The van der Waals surface area contributed by atoms with E-state index in [4.69, 9.17) is 0 Å². The van der Waals surface area contributed by atoms with Crippen LogP contribution < -0.4 is 5.32 Å². The van der Waals surface area contributed by atoms with E-state index in [0.29, 0.717) is 6.54 Å². The molecule has 0 aliphatic rings.